The Hall–Kier alpha value is -1.06. The monoisotopic (exact) mass is 516 g/mol. The van der Waals surface area contributed by atoms with E-state index >= 15 is 0 Å². The van der Waals surface area contributed by atoms with Crippen molar-refractivity contribution in [2.75, 3.05) is 0 Å². The van der Waals surface area contributed by atoms with Gasteiger partial charge in [-0.3, -0.25) is 9.59 Å². The maximum Gasteiger partial charge on any atom is 0.306 e. The number of fused-ring (bicyclic) bond motifs is 8. The van der Waals surface area contributed by atoms with E-state index in [1.807, 2.05) is 6.92 Å². The maximum absolute atomic E-state index is 14.3. The number of carbonyl (C=O) groups is 2. The topological polar surface area (TPSA) is 104 Å². The summed E-state index contributed by atoms with van der Waals surface area (Å²) in [6.45, 7) is 12.4. The molecule has 14 atom stereocenters. The van der Waals surface area contributed by atoms with Gasteiger partial charge >= 0.3 is 5.97 Å². The Morgan fingerprint density at radius 2 is 1.78 bits per heavy atom. The summed E-state index contributed by atoms with van der Waals surface area (Å²) in [6.07, 6.45) is 3.10. The van der Waals surface area contributed by atoms with Crippen molar-refractivity contribution >= 4 is 11.8 Å². The van der Waals surface area contributed by atoms with E-state index in [-0.39, 0.29) is 59.7 Å². The summed E-state index contributed by atoms with van der Waals surface area (Å²) in [5.41, 5.74) is -2.75. The zero-order valence-electron chi connectivity index (χ0n) is 22.7. The number of ether oxygens (including phenoxy) is 5. The fourth-order valence-electron chi connectivity index (χ4n) is 10.9. The first-order valence-electron chi connectivity index (χ1n) is 14.4. The molecule has 37 heavy (non-hydrogen) atoms. The van der Waals surface area contributed by atoms with Crippen LogP contribution in [0.5, 0.6) is 0 Å². The number of epoxide rings is 1. The van der Waals surface area contributed by atoms with Crippen LogP contribution in [0.1, 0.15) is 80.1 Å². The van der Waals surface area contributed by atoms with Crippen molar-refractivity contribution in [2.45, 2.75) is 127 Å². The van der Waals surface area contributed by atoms with Crippen LogP contribution < -0.4 is 0 Å². The van der Waals surface area contributed by atoms with E-state index in [0.717, 1.165) is 19.3 Å². The Kier molecular flexibility index (Phi) is 4.15. The molecule has 2 bridgehead atoms. The molecule has 8 aliphatic rings. The molecule has 0 radical (unpaired) electrons. The van der Waals surface area contributed by atoms with E-state index in [9.17, 15) is 14.7 Å². The first-order chi connectivity index (χ1) is 17.2. The van der Waals surface area contributed by atoms with Crippen LogP contribution in [0.3, 0.4) is 0 Å². The van der Waals surface area contributed by atoms with Crippen molar-refractivity contribution in [3.63, 3.8) is 0 Å². The fourth-order valence-corrected chi connectivity index (χ4v) is 10.9. The van der Waals surface area contributed by atoms with Crippen LogP contribution >= 0.6 is 0 Å². The number of ketones is 1. The van der Waals surface area contributed by atoms with E-state index in [1.165, 1.54) is 0 Å². The molecule has 0 unspecified atom stereocenters. The van der Waals surface area contributed by atoms with Gasteiger partial charge in [-0.15, -0.1) is 0 Å². The zero-order valence-corrected chi connectivity index (χ0v) is 22.7. The number of hydrogen-bond donors (Lipinski definition) is 1. The lowest BCUT2D eigenvalue weighted by atomic mass is 9.49. The van der Waals surface area contributed by atoms with Crippen molar-refractivity contribution in [1.82, 2.24) is 0 Å². The van der Waals surface area contributed by atoms with Crippen molar-refractivity contribution < 1.29 is 38.4 Å². The van der Waals surface area contributed by atoms with Gasteiger partial charge in [0.1, 0.15) is 23.4 Å². The molecule has 0 aromatic heterocycles. The number of hydrogen-bond acceptors (Lipinski definition) is 8. The second-order valence-corrected chi connectivity index (χ2v) is 14.7. The van der Waals surface area contributed by atoms with Crippen molar-refractivity contribution in [2.24, 2.45) is 40.4 Å². The fraction of sp³-hybridized carbons (Fsp3) is 0.931. The molecule has 0 aromatic rings. The Morgan fingerprint density at radius 1 is 1.03 bits per heavy atom. The van der Waals surface area contributed by atoms with E-state index in [0.29, 0.717) is 19.3 Å². The Balaban J connectivity index is 1.12. The third-order valence-corrected chi connectivity index (χ3v) is 13.0. The third-order valence-electron chi connectivity index (χ3n) is 13.0. The summed E-state index contributed by atoms with van der Waals surface area (Å²) in [7, 11) is 0. The summed E-state index contributed by atoms with van der Waals surface area (Å²) in [4.78, 5) is 26.4. The smallest absolute Gasteiger partial charge is 0.306 e. The van der Waals surface area contributed by atoms with Crippen molar-refractivity contribution in [3.8, 4) is 0 Å². The lowest BCUT2D eigenvalue weighted by molar-refractivity contribution is -0.385. The molecule has 1 N–H and O–H groups in total. The van der Waals surface area contributed by atoms with Gasteiger partial charge < -0.3 is 28.8 Å². The number of carbonyl (C=O) groups excluding carboxylic acids is 2. The summed E-state index contributed by atoms with van der Waals surface area (Å²) >= 11 is 0. The molecule has 8 fully saturated rings. The predicted octanol–water partition coefficient (Wildman–Crippen LogP) is 3.12. The average Bonchev–Trinajstić information content (AvgIpc) is 3.68. The molecule has 8 heteroatoms. The van der Waals surface area contributed by atoms with Crippen LogP contribution in [0.2, 0.25) is 0 Å². The minimum absolute atomic E-state index is 0.0202. The molecule has 8 rings (SSSR count). The SMILES string of the molecule is C[C@@H]([C@H]1CC[C@H]2[C@@H]3[C@@H]4O[C@@H]4[C@@]4(CCC(=O)O4)[C@H]4C[C@@]34[C@@H](O)C(=O)[C@]12C)[C@H]1C[C@@]2(C)O[C@@](C)(O1)OC2(C)C. The van der Waals surface area contributed by atoms with Gasteiger partial charge in [0.2, 0.25) is 0 Å². The zero-order chi connectivity index (χ0) is 26.1. The first kappa shape index (κ1) is 23.8. The van der Waals surface area contributed by atoms with Crippen LogP contribution in [0.15, 0.2) is 0 Å². The van der Waals surface area contributed by atoms with Crippen LogP contribution in [0.25, 0.3) is 0 Å². The Labute approximate surface area is 218 Å². The minimum Gasteiger partial charge on any atom is -0.456 e. The number of esters is 1. The van der Waals surface area contributed by atoms with E-state index in [1.54, 1.807) is 0 Å². The summed E-state index contributed by atoms with van der Waals surface area (Å²) in [6, 6.07) is 0. The van der Waals surface area contributed by atoms with Crippen LogP contribution in [-0.2, 0) is 33.3 Å². The van der Waals surface area contributed by atoms with Crippen LogP contribution in [0, 0.1) is 40.4 Å². The van der Waals surface area contributed by atoms with Gasteiger partial charge in [-0.1, -0.05) is 13.8 Å². The summed E-state index contributed by atoms with van der Waals surface area (Å²) in [5.74, 6) is -0.803. The molecule has 4 saturated heterocycles. The second-order valence-electron chi connectivity index (χ2n) is 14.7. The molecule has 4 saturated carbocycles. The van der Waals surface area contributed by atoms with Gasteiger partial charge in [0.05, 0.1) is 17.8 Å². The van der Waals surface area contributed by atoms with Crippen LogP contribution in [0.4, 0.5) is 0 Å². The molecule has 4 aliphatic carbocycles. The lowest BCUT2D eigenvalue weighted by Gasteiger charge is -2.54. The third kappa shape index (κ3) is 2.51. The molecule has 8 nitrogen and oxygen atoms in total. The highest BCUT2D eigenvalue weighted by molar-refractivity contribution is 5.92. The Morgan fingerprint density at radius 3 is 2.46 bits per heavy atom. The van der Waals surface area contributed by atoms with Gasteiger partial charge in [0.25, 0.3) is 5.97 Å². The summed E-state index contributed by atoms with van der Waals surface area (Å²) < 4.78 is 31.2. The van der Waals surface area contributed by atoms with Crippen molar-refractivity contribution in [1.29, 1.82) is 0 Å². The van der Waals surface area contributed by atoms with Gasteiger partial charge in [0, 0.05) is 48.9 Å². The van der Waals surface area contributed by atoms with Gasteiger partial charge in [-0.2, -0.15) is 0 Å². The first-order valence-corrected chi connectivity index (χ1v) is 14.4. The molecule has 4 aliphatic heterocycles. The highest BCUT2D eigenvalue weighted by atomic mass is 16.9. The molecule has 2 spiro atoms. The van der Waals surface area contributed by atoms with Gasteiger partial charge in [-0.05, 0) is 57.8 Å². The highest BCUT2D eigenvalue weighted by Crippen LogP contribution is 2.81. The Bertz CT molecular complexity index is 1120. The average molecular weight is 517 g/mol. The number of aliphatic hydroxyl groups excluding tert-OH is 1. The predicted molar refractivity (Wildman–Crippen MR) is 128 cm³/mol. The molecule has 0 aromatic carbocycles. The summed E-state index contributed by atoms with van der Waals surface area (Å²) in [5, 5.41) is 11.8. The van der Waals surface area contributed by atoms with Gasteiger partial charge in [-0.25, -0.2) is 0 Å². The number of rotatable bonds is 2. The van der Waals surface area contributed by atoms with E-state index < -0.39 is 39.7 Å². The van der Waals surface area contributed by atoms with E-state index in [4.69, 9.17) is 23.7 Å². The van der Waals surface area contributed by atoms with Gasteiger partial charge in [0.15, 0.2) is 5.78 Å². The lowest BCUT2D eigenvalue weighted by Crippen LogP contribution is -2.64. The normalized spacial score (nSPS) is 62.9. The molecule has 4 heterocycles. The van der Waals surface area contributed by atoms with E-state index in [2.05, 4.69) is 34.6 Å². The molecule has 204 valence electrons. The quantitative estimate of drug-likeness (QED) is 0.441. The maximum atomic E-state index is 14.3. The number of aliphatic hydroxyl groups is 1. The number of Topliss-reactive ketones (excluding diaryl/α,β-unsaturated/α-hetero) is 1. The standard InChI is InChI=1S/C29H40O8/c1-13(16-11-25(4)24(2,3)36-27(6,34-16)37-25)14-7-8-15-19-20-23(33-20)29(10-9-18(30)35-29)17-12-28(17,19)22(32)21(31)26(14,15)5/h13-17,19-20,22-23,32H,7-12H2,1-6H3/t13-,14+,15-,16+,17-,19+,20-,22-,23-,25+,26+,27-,28-,29+/m0/s1. The van der Waals surface area contributed by atoms with Crippen molar-refractivity contribution in [3.05, 3.63) is 0 Å². The highest BCUT2D eigenvalue weighted by Gasteiger charge is 2.88. The molecular formula is C29H40O8. The molecular weight excluding hydrogens is 476 g/mol. The minimum atomic E-state index is -1.10. The second kappa shape index (κ2) is 6.46. The molecule has 0 amide bonds. The van der Waals surface area contributed by atoms with Crippen LogP contribution in [-0.4, -0.2) is 64.1 Å². The largest absolute Gasteiger partial charge is 0.456 e.